The van der Waals surface area contributed by atoms with Gasteiger partial charge in [0.15, 0.2) is 0 Å². The van der Waals surface area contributed by atoms with Gasteiger partial charge in [0.25, 0.3) is 0 Å². The van der Waals surface area contributed by atoms with Gasteiger partial charge < -0.3 is 10.2 Å². The molecular formula is C12H15ClN2O. The minimum atomic E-state index is -0.156. The van der Waals surface area contributed by atoms with Crippen molar-refractivity contribution >= 4 is 28.9 Å². The Bertz CT molecular complexity index is 413. The molecule has 0 aliphatic rings. The van der Waals surface area contributed by atoms with Crippen LogP contribution >= 0.6 is 11.6 Å². The van der Waals surface area contributed by atoms with E-state index in [1.807, 2.05) is 31.1 Å². The molecule has 1 aromatic carbocycles. The van der Waals surface area contributed by atoms with Crippen molar-refractivity contribution in [1.82, 2.24) is 0 Å². The first-order valence-corrected chi connectivity index (χ1v) is 5.33. The highest BCUT2D eigenvalue weighted by Crippen LogP contribution is 2.27. The molecule has 0 aliphatic carbocycles. The van der Waals surface area contributed by atoms with Crippen LogP contribution in [-0.4, -0.2) is 20.0 Å². The summed E-state index contributed by atoms with van der Waals surface area (Å²) >= 11 is 6.07. The third-order valence-corrected chi connectivity index (χ3v) is 2.32. The molecule has 1 N–H and O–H groups in total. The first kappa shape index (κ1) is 12.6. The zero-order valence-corrected chi connectivity index (χ0v) is 10.4. The summed E-state index contributed by atoms with van der Waals surface area (Å²) in [4.78, 5) is 13.2. The van der Waals surface area contributed by atoms with Gasteiger partial charge in [-0.2, -0.15) is 0 Å². The number of amides is 1. The predicted octanol–water partition coefficient (Wildman–Crippen LogP) is 2.92. The molecule has 1 amide bonds. The van der Waals surface area contributed by atoms with Crippen LogP contribution in [0.4, 0.5) is 11.4 Å². The van der Waals surface area contributed by atoms with Gasteiger partial charge in [-0.15, -0.1) is 0 Å². The monoisotopic (exact) mass is 238 g/mol. The number of anilines is 2. The Balaban J connectivity index is 2.85. The first-order chi connectivity index (χ1) is 7.54. The molecule has 0 radical (unpaired) electrons. The van der Waals surface area contributed by atoms with Crippen LogP contribution in [0.2, 0.25) is 5.02 Å². The zero-order chi connectivity index (χ0) is 12.1. The summed E-state index contributed by atoms with van der Waals surface area (Å²) in [6.45, 7) is 1.79. The Morgan fingerprint density at radius 3 is 2.62 bits per heavy atom. The van der Waals surface area contributed by atoms with Crippen LogP contribution in [0, 0.1) is 0 Å². The van der Waals surface area contributed by atoms with Crippen molar-refractivity contribution in [2.75, 3.05) is 24.3 Å². The second-order valence-electron chi connectivity index (χ2n) is 3.55. The largest absolute Gasteiger partial charge is 0.376 e. The van der Waals surface area contributed by atoms with Crippen molar-refractivity contribution in [3.63, 3.8) is 0 Å². The van der Waals surface area contributed by atoms with Crippen molar-refractivity contribution in [1.29, 1.82) is 0 Å². The van der Waals surface area contributed by atoms with Gasteiger partial charge in [0.1, 0.15) is 0 Å². The lowest BCUT2D eigenvalue weighted by molar-refractivity contribution is -0.111. The van der Waals surface area contributed by atoms with Crippen molar-refractivity contribution in [3.05, 3.63) is 35.4 Å². The van der Waals surface area contributed by atoms with E-state index in [2.05, 4.69) is 5.32 Å². The van der Waals surface area contributed by atoms with Gasteiger partial charge >= 0.3 is 0 Å². The van der Waals surface area contributed by atoms with Gasteiger partial charge in [-0.3, -0.25) is 4.79 Å². The van der Waals surface area contributed by atoms with Crippen LogP contribution in [-0.2, 0) is 4.79 Å². The number of rotatable bonds is 3. The van der Waals surface area contributed by atoms with Crippen molar-refractivity contribution in [2.45, 2.75) is 6.92 Å². The van der Waals surface area contributed by atoms with Gasteiger partial charge in [0.2, 0.25) is 5.91 Å². The molecule has 0 saturated carbocycles. The summed E-state index contributed by atoms with van der Waals surface area (Å²) in [6, 6.07) is 5.43. The molecule has 0 atom stereocenters. The SMILES string of the molecule is CC=CC(=O)Nc1ccc(N(C)C)c(Cl)c1. The van der Waals surface area contributed by atoms with E-state index in [0.29, 0.717) is 10.7 Å². The van der Waals surface area contributed by atoms with E-state index in [1.165, 1.54) is 6.08 Å². The van der Waals surface area contributed by atoms with Crippen LogP contribution in [0.15, 0.2) is 30.4 Å². The molecular weight excluding hydrogens is 224 g/mol. The molecule has 1 rings (SSSR count). The van der Waals surface area contributed by atoms with Crippen LogP contribution in [0.5, 0.6) is 0 Å². The summed E-state index contributed by atoms with van der Waals surface area (Å²) < 4.78 is 0. The van der Waals surface area contributed by atoms with Crippen LogP contribution < -0.4 is 10.2 Å². The van der Waals surface area contributed by atoms with E-state index in [1.54, 1.807) is 19.1 Å². The summed E-state index contributed by atoms with van der Waals surface area (Å²) in [5, 5.41) is 3.34. The molecule has 3 nitrogen and oxygen atoms in total. The lowest BCUT2D eigenvalue weighted by Crippen LogP contribution is -2.11. The number of halogens is 1. The lowest BCUT2D eigenvalue weighted by atomic mass is 10.2. The minimum Gasteiger partial charge on any atom is -0.376 e. The second-order valence-corrected chi connectivity index (χ2v) is 3.96. The molecule has 0 spiro atoms. The summed E-state index contributed by atoms with van der Waals surface area (Å²) in [5.74, 6) is -0.156. The molecule has 0 unspecified atom stereocenters. The van der Waals surface area contributed by atoms with Gasteiger partial charge in [0.05, 0.1) is 10.7 Å². The number of carbonyl (C=O) groups is 1. The minimum absolute atomic E-state index is 0.156. The average molecular weight is 239 g/mol. The average Bonchev–Trinajstić information content (AvgIpc) is 2.17. The van der Waals surface area contributed by atoms with Crippen molar-refractivity contribution < 1.29 is 4.79 Å². The molecule has 0 fully saturated rings. The Morgan fingerprint density at radius 1 is 1.44 bits per heavy atom. The van der Waals surface area contributed by atoms with Gasteiger partial charge in [-0.05, 0) is 31.2 Å². The lowest BCUT2D eigenvalue weighted by Gasteiger charge is -2.15. The van der Waals surface area contributed by atoms with Crippen LogP contribution in [0.25, 0.3) is 0 Å². The predicted molar refractivity (Wildman–Crippen MR) is 69.2 cm³/mol. The second kappa shape index (κ2) is 5.56. The third kappa shape index (κ3) is 3.28. The summed E-state index contributed by atoms with van der Waals surface area (Å²) in [6.07, 6.45) is 3.15. The first-order valence-electron chi connectivity index (χ1n) is 4.95. The number of nitrogens with one attached hydrogen (secondary N) is 1. The number of allylic oxidation sites excluding steroid dienone is 1. The molecule has 86 valence electrons. The fourth-order valence-corrected chi connectivity index (χ4v) is 1.63. The maximum absolute atomic E-state index is 11.3. The van der Waals surface area contributed by atoms with E-state index in [9.17, 15) is 4.79 Å². The fourth-order valence-electron chi connectivity index (χ4n) is 1.28. The number of carbonyl (C=O) groups excluding carboxylic acids is 1. The number of benzene rings is 1. The third-order valence-electron chi connectivity index (χ3n) is 2.02. The molecule has 0 heterocycles. The number of hydrogen-bond acceptors (Lipinski definition) is 2. The van der Waals surface area contributed by atoms with Gasteiger partial charge in [-0.25, -0.2) is 0 Å². The molecule has 0 bridgehead atoms. The molecule has 0 saturated heterocycles. The highest BCUT2D eigenvalue weighted by Gasteiger charge is 2.04. The number of hydrogen-bond donors (Lipinski definition) is 1. The molecule has 1 aromatic rings. The molecule has 0 aromatic heterocycles. The summed E-state index contributed by atoms with van der Waals surface area (Å²) in [7, 11) is 3.83. The topological polar surface area (TPSA) is 32.3 Å². The highest BCUT2D eigenvalue weighted by molar-refractivity contribution is 6.33. The Morgan fingerprint density at radius 2 is 2.12 bits per heavy atom. The highest BCUT2D eigenvalue weighted by atomic mass is 35.5. The van der Waals surface area contributed by atoms with E-state index < -0.39 is 0 Å². The quantitative estimate of drug-likeness (QED) is 0.822. The zero-order valence-electron chi connectivity index (χ0n) is 9.62. The Hall–Kier alpha value is -1.48. The van der Waals surface area contributed by atoms with Crippen LogP contribution in [0.3, 0.4) is 0 Å². The summed E-state index contributed by atoms with van der Waals surface area (Å²) in [5.41, 5.74) is 1.62. The standard InChI is InChI=1S/C12H15ClN2O/c1-4-5-12(16)14-9-6-7-11(15(2)3)10(13)8-9/h4-8H,1-3H3,(H,14,16). The van der Waals surface area contributed by atoms with Crippen molar-refractivity contribution in [3.8, 4) is 0 Å². The molecule has 4 heteroatoms. The van der Waals surface area contributed by atoms with E-state index in [-0.39, 0.29) is 5.91 Å². The van der Waals surface area contributed by atoms with Crippen molar-refractivity contribution in [2.24, 2.45) is 0 Å². The smallest absolute Gasteiger partial charge is 0.248 e. The Labute approximate surface area is 101 Å². The normalized spacial score (nSPS) is 10.5. The van der Waals surface area contributed by atoms with E-state index in [4.69, 9.17) is 11.6 Å². The van der Waals surface area contributed by atoms with E-state index in [0.717, 1.165) is 5.69 Å². The maximum atomic E-state index is 11.3. The van der Waals surface area contributed by atoms with Gasteiger partial charge in [-0.1, -0.05) is 17.7 Å². The fraction of sp³-hybridized carbons (Fsp3) is 0.250. The van der Waals surface area contributed by atoms with Gasteiger partial charge in [0, 0.05) is 19.8 Å². The Kier molecular flexibility index (Phi) is 4.38. The molecule has 16 heavy (non-hydrogen) atoms. The molecule has 0 aliphatic heterocycles. The van der Waals surface area contributed by atoms with Crippen LogP contribution in [0.1, 0.15) is 6.92 Å². The number of nitrogens with zero attached hydrogens (tertiary/aromatic N) is 1. The van der Waals surface area contributed by atoms with E-state index >= 15 is 0 Å². The maximum Gasteiger partial charge on any atom is 0.248 e.